The molecule has 0 heterocycles. The maximum atomic E-state index is 11.0. The number of aromatic carboxylic acids is 1. The summed E-state index contributed by atoms with van der Waals surface area (Å²) < 4.78 is 47.3. The number of methoxy groups -OCH3 is 1. The van der Waals surface area contributed by atoms with Crippen molar-refractivity contribution in [3.63, 3.8) is 0 Å². The normalized spacial score (nSPS) is 13.2. The van der Waals surface area contributed by atoms with Crippen molar-refractivity contribution in [3.05, 3.63) is 59.5 Å². The molecule has 0 aliphatic heterocycles. The minimum absolute atomic E-state index is 0.265. The van der Waals surface area contributed by atoms with Crippen LogP contribution in [0.4, 0.5) is 0 Å². The predicted molar refractivity (Wildman–Crippen MR) is 74.5 cm³/mol. The molecule has 110 valence electrons. The highest BCUT2D eigenvalue weighted by molar-refractivity contribution is 5.92. The lowest BCUT2D eigenvalue weighted by molar-refractivity contribution is 0.0596. The lowest BCUT2D eigenvalue weighted by Gasteiger charge is -1.99. The molecule has 0 amide bonds. The molecule has 0 atom stereocenters. The van der Waals surface area contributed by atoms with E-state index in [9.17, 15) is 14.7 Å². The number of esters is 1. The highest BCUT2D eigenvalue weighted by Crippen LogP contribution is 2.16. The molecular formula is C15H14O6. The molecule has 0 aliphatic rings. The van der Waals surface area contributed by atoms with Crippen LogP contribution in [0.15, 0.2) is 48.4 Å². The van der Waals surface area contributed by atoms with Crippen molar-refractivity contribution in [2.45, 2.75) is 0 Å². The first kappa shape index (κ1) is 9.02. The molecule has 6 nitrogen and oxygen atoms in total. The van der Waals surface area contributed by atoms with Crippen LogP contribution in [-0.2, 0) is 4.74 Å². The molecule has 0 bridgehead atoms. The topological polar surface area (TPSA) is 104 Å². The molecule has 6 heteroatoms. The molecule has 0 spiro atoms. The van der Waals surface area contributed by atoms with Crippen molar-refractivity contribution in [2.75, 3.05) is 7.11 Å². The van der Waals surface area contributed by atoms with Gasteiger partial charge in [0.2, 0.25) is 0 Å². The van der Waals surface area contributed by atoms with Crippen LogP contribution >= 0.6 is 0 Å². The van der Waals surface area contributed by atoms with Gasteiger partial charge < -0.3 is 20.1 Å². The maximum Gasteiger partial charge on any atom is 0.341 e. The number of hydrogen-bond donors (Lipinski definition) is 3. The molecule has 0 aromatic heterocycles. The monoisotopic (exact) mass is 296 g/mol. The van der Waals surface area contributed by atoms with Crippen LogP contribution in [0.3, 0.4) is 0 Å². The first-order valence-corrected chi connectivity index (χ1v) is 5.35. The number of phenols is 2. The molecule has 0 unspecified atom stereocenters. The standard InChI is InChI=1S/C8H8O3.C7H6O3/c1-11-8(10)6-4-2-3-5-7(6)9;8-6-4-2-1-3-5(6)7(9)10/h2-5,9H,1H3;1-4,8H,(H,9,10)/i2D,3D,5D;1D,2D,4D. The molecule has 2 aromatic carbocycles. The van der Waals surface area contributed by atoms with Crippen molar-refractivity contribution in [1.29, 1.82) is 0 Å². The Kier molecular flexibility index (Phi) is 3.24. The second-order valence-corrected chi connectivity index (χ2v) is 3.40. The lowest BCUT2D eigenvalue weighted by atomic mass is 10.2. The van der Waals surface area contributed by atoms with Gasteiger partial charge in [0, 0.05) is 0 Å². The lowest BCUT2D eigenvalue weighted by Crippen LogP contribution is -2.00. The Labute approximate surface area is 129 Å². The van der Waals surface area contributed by atoms with Crippen LogP contribution < -0.4 is 0 Å². The van der Waals surface area contributed by atoms with Crippen LogP contribution in [0.1, 0.15) is 28.9 Å². The fourth-order valence-electron chi connectivity index (χ4n) is 1.11. The summed E-state index contributed by atoms with van der Waals surface area (Å²) in [6, 6.07) is -0.923. The average Bonchev–Trinajstić information content (AvgIpc) is 2.63. The second kappa shape index (κ2) is 7.54. The fraction of sp³-hybridized carbons (Fsp3) is 0.0667. The minimum Gasteiger partial charge on any atom is -0.507 e. The number of ether oxygens (including phenoxy) is 1. The summed E-state index contributed by atoms with van der Waals surface area (Å²) in [6.45, 7) is 0. The van der Waals surface area contributed by atoms with Crippen LogP contribution in [0, 0.1) is 0 Å². The zero-order valence-corrected chi connectivity index (χ0v) is 10.7. The molecule has 0 aliphatic carbocycles. The molecule has 3 N–H and O–H groups in total. The molecule has 0 fully saturated rings. The van der Waals surface area contributed by atoms with Crippen LogP contribution in [-0.4, -0.2) is 34.4 Å². The number of carboxylic acid groups (broad SMARTS) is 1. The third-order valence-electron chi connectivity index (χ3n) is 2.09. The summed E-state index contributed by atoms with van der Waals surface area (Å²) in [5.41, 5.74) is -0.787. The molecule has 0 saturated heterocycles. The zero-order valence-electron chi connectivity index (χ0n) is 16.7. The number of phenolic OH excluding ortho intramolecular Hbond substituents is 1. The van der Waals surface area contributed by atoms with Crippen molar-refractivity contribution in [3.8, 4) is 11.5 Å². The average molecular weight is 296 g/mol. The first-order valence-electron chi connectivity index (χ1n) is 8.35. The fourth-order valence-corrected chi connectivity index (χ4v) is 1.11. The number of para-hydroxylation sites is 2. The van der Waals surface area contributed by atoms with Gasteiger partial charge in [-0.25, -0.2) is 9.59 Å². The highest BCUT2D eigenvalue weighted by Gasteiger charge is 2.08. The van der Waals surface area contributed by atoms with E-state index in [4.69, 9.17) is 18.4 Å². The third kappa shape index (κ3) is 4.54. The van der Waals surface area contributed by atoms with Gasteiger partial charge in [-0.1, -0.05) is 24.2 Å². The predicted octanol–water partition coefficient (Wildman–Crippen LogP) is 2.27. The SMILES string of the molecule is [2H]c1cc(C(=O)O)c(O)c([2H])c1[2H].[2H]c1cc(C(=O)OC)c(O)c([2H])c1[2H]. The Hall–Kier alpha value is -3.02. The van der Waals surface area contributed by atoms with E-state index in [2.05, 4.69) is 4.74 Å². The van der Waals surface area contributed by atoms with E-state index in [1.54, 1.807) is 0 Å². The number of aromatic hydroxyl groups is 2. The number of carboxylic acids is 1. The molecule has 2 aromatic rings. The van der Waals surface area contributed by atoms with Crippen molar-refractivity contribution in [1.82, 2.24) is 0 Å². The molecule has 2 rings (SSSR count). The summed E-state index contributed by atoms with van der Waals surface area (Å²) in [5, 5.41) is 26.9. The Morgan fingerprint density at radius 3 is 1.95 bits per heavy atom. The van der Waals surface area contributed by atoms with Crippen molar-refractivity contribution >= 4 is 11.9 Å². The summed E-state index contributed by atoms with van der Waals surface area (Å²) >= 11 is 0. The number of hydrogen-bond acceptors (Lipinski definition) is 5. The van der Waals surface area contributed by atoms with Gasteiger partial charge in [-0.05, 0) is 24.2 Å². The van der Waals surface area contributed by atoms with Gasteiger partial charge in [0.15, 0.2) is 0 Å². The van der Waals surface area contributed by atoms with E-state index in [0.29, 0.717) is 0 Å². The van der Waals surface area contributed by atoms with E-state index in [0.717, 1.165) is 19.2 Å². The third-order valence-corrected chi connectivity index (χ3v) is 2.09. The number of benzene rings is 2. The van der Waals surface area contributed by atoms with Gasteiger partial charge >= 0.3 is 11.9 Å². The van der Waals surface area contributed by atoms with Gasteiger partial charge in [-0.2, -0.15) is 0 Å². The Balaban J connectivity index is 0.000000271. The Morgan fingerprint density at radius 2 is 1.48 bits per heavy atom. The Morgan fingerprint density at radius 1 is 1.00 bits per heavy atom. The number of rotatable bonds is 2. The van der Waals surface area contributed by atoms with E-state index >= 15 is 0 Å². The van der Waals surface area contributed by atoms with Crippen LogP contribution in [0.25, 0.3) is 0 Å². The van der Waals surface area contributed by atoms with E-state index in [-0.39, 0.29) is 17.6 Å². The minimum atomic E-state index is -1.42. The molecule has 21 heavy (non-hydrogen) atoms. The molecule has 0 saturated carbocycles. The van der Waals surface area contributed by atoms with Gasteiger partial charge in [0.05, 0.1) is 15.3 Å². The number of carbonyl (C=O) groups excluding carboxylic acids is 1. The van der Waals surface area contributed by atoms with E-state index in [1.165, 1.54) is 0 Å². The maximum absolute atomic E-state index is 11.0. The number of carbonyl (C=O) groups is 2. The van der Waals surface area contributed by atoms with Crippen LogP contribution in [0.2, 0.25) is 0 Å². The van der Waals surface area contributed by atoms with Gasteiger partial charge in [-0.15, -0.1) is 0 Å². The summed E-state index contributed by atoms with van der Waals surface area (Å²) in [6.07, 6.45) is 0. The molecular weight excluding hydrogens is 276 g/mol. The van der Waals surface area contributed by atoms with E-state index < -0.39 is 53.2 Å². The quantitative estimate of drug-likeness (QED) is 0.734. The smallest absolute Gasteiger partial charge is 0.341 e. The second-order valence-electron chi connectivity index (χ2n) is 3.40. The summed E-state index contributed by atoms with van der Waals surface area (Å²) in [7, 11) is 1.13. The van der Waals surface area contributed by atoms with Crippen LogP contribution in [0.5, 0.6) is 11.5 Å². The van der Waals surface area contributed by atoms with Crippen molar-refractivity contribution in [2.24, 2.45) is 0 Å². The van der Waals surface area contributed by atoms with E-state index in [1.807, 2.05) is 0 Å². The largest absolute Gasteiger partial charge is 0.507 e. The molecule has 0 radical (unpaired) electrons. The van der Waals surface area contributed by atoms with Crippen molar-refractivity contribution < 1.29 is 37.9 Å². The van der Waals surface area contributed by atoms with Gasteiger partial charge in [0.25, 0.3) is 0 Å². The first-order chi connectivity index (χ1) is 12.4. The Bertz CT molecular complexity index is 915. The van der Waals surface area contributed by atoms with Gasteiger partial charge in [0.1, 0.15) is 22.6 Å². The zero-order chi connectivity index (χ0) is 21.0. The highest BCUT2D eigenvalue weighted by atomic mass is 16.5. The summed E-state index contributed by atoms with van der Waals surface area (Å²) in [4.78, 5) is 21.5. The summed E-state index contributed by atoms with van der Waals surface area (Å²) in [5.74, 6) is -3.64. The van der Waals surface area contributed by atoms with Gasteiger partial charge in [-0.3, -0.25) is 0 Å².